The van der Waals surface area contributed by atoms with Crippen molar-refractivity contribution in [3.8, 4) is 5.69 Å². The maximum Gasteiger partial charge on any atom is 0.311 e. The summed E-state index contributed by atoms with van der Waals surface area (Å²) in [5, 5.41) is 24.3. The summed E-state index contributed by atoms with van der Waals surface area (Å²) in [6.07, 6.45) is -0.343. The lowest BCUT2D eigenvalue weighted by molar-refractivity contribution is -0.136. The van der Waals surface area contributed by atoms with Gasteiger partial charge in [-0.05, 0) is 34.7 Å². The van der Waals surface area contributed by atoms with E-state index in [9.17, 15) is 13.2 Å². The van der Waals surface area contributed by atoms with Crippen molar-refractivity contribution in [1.29, 1.82) is 0 Å². The number of carbonyl (C=O) groups is 1. The zero-order valence-electron chi connectivity index (χ0n) is 9.46. The first-order valence-electron chi connectivity index (χ1n) is 5.00. The van der Waals surface area contributed by atoms with Gasteiger partial charge in [0.25, 0.3) is 0 Å². The maximum absolute atomic E-state index is 11.1. The largest absolute Gasteiger partial charge is 0.481 e. The Bertz CT molecular complexity index is 706. The number of hydrogen-bond donors (Lipinski definition) is 2. The highest BCUT2D eigenvalue weighted by atomic mass is 32.2. The number of tetrazole rings is 1. The molecule has 1 heterocycles. The number of carboxylic acids is 1. The Labute approximate surface area is 107 Å². The van der Waals surface area contributed by atoms with Gasteiger partial charge in [0.1, 0.15) is 6.42 Å². The molecule has 19 heavy (non-hydrogen) atoms. The molecule has 0 aliphatic carbocycles. The van der Waals surface area contributed by atoms with Crippen LogP contribution in [0.1, 0.15) is 5.82 Å². The minimum Gasteiger partial charge on any atom is -0.481 e. The Morgan fingerprint density at radius 3 is 2.47 bits per heavy atom. The minimum atomic E-state index is -3.77. The summed E-state index contributed by atoms with van der Waals surface area (Å²) in [6.45, 7) is 0. The fourth-order valence-corrected chi connectivity index (χ4v) is 1.94. The van der Waals surface area contributed by atoms with E-state index in [2.05, 4.69) is 15.5 Å². The average Bonchev–Trinajstić information content (AvgIpc) is 2.75. The molecule has 0 fully saturated rings. The van der Waals surface area contributed by atoms with Crippen LogP contribution >= 0.6 is 0 Å². The smallest absolute Gasteiger partial charge is 0.311 e. The molecule has 3 N–H and O–H groups in total. The number of aromatic nitrogens is 4. The molecule has 0 bridgehead atoms. The third kappa shape index (κ3) is 2.92. The second kappa shape index (κ2) is 4.74. The SMILES string of the molecule is NS(=O)(=O)c1ccc(-n2nnnc2CC(=O)O)cc1. The van der Waals surface area contributed by atoms with Crippen LogP contribution in [-0.4, -0.2) is 39.7 Å². The Morgan fingerprint density at radius 1 is 1.32 bits per heavy atom. The van der Waals surface area contributed by atoms with Crippen LogP contribution < -0.4 is 5.14 Å². The van der Waals surface area contributed by atoms with E-state index in [0.29, 0.717) is 5.69 Å². The van der Waals surface area contributed by atoms with Gasteiger partial charge in [-0.15, -0.1) is 5.10 Å². The van der Waals surface area contributed by atoms with Crippen molar-refractivity contribution >= 4 is 16.0 Å². The number of nitrogens with two attached hydrogens (primary N) is 1. The monoisotopic (exact) mass is 283 g/mol. The molecule has 100 valence electrons. The quantitative estimate of drug-likeness (QED) is 0.728. The van der Waals surface area contributed by atoms with Crippen LogP contribution in [0.4, 0.5) is 0 Å². The van der Waals surface area contributed by atoms with Crippen molar-refractivity contribution in [3.05, 3.63) is 30.1 Å². The van der Waals surface area contributed by atoms with Gasteiger partial charge >= 0.3 is 5.97 Å². The molecular weight excluding hydrogens is 274 g/mol. The summed E-state index contributed by atoms with van der Waals surface area (Å²) in [5.74, 6) is -0.937. The molecule has 1 aromatic carbocycles. The average molecular weight is 283 g/mol. The highest BCUT2D eigenvalue weighted by molar-refractivity contribution is 7.89. The Morgan fingerprint density at radius 2 is 1.95 bits per heavy atom. The highest BCUT2D eigenvalue weighted by Gasteiger charge is 2.13. The number of rotatable bonds is 4. The summed E-state index contributed by atoms with van der Waals surface area (Å²) >= 11 is 0. The van der Waals surface area contributed by atoms with Crippen molar-refractivity contribution in [2.24, 2.45) is 5.14 Å². The standard InChI is InChI=1S/C9H9N5O4S/c10-19(17,18)7-3-1-6(2-4-7)14-8(5-9(15)16)11-12-13-14/h1-4H,5H2,(H,15,16)(H2,10,17,18). The first-order chi connectivity index (χ1) is 8.88. The molecule has 1 aromatic heterocycles. The van der Waals surface area contributed by atoms with Crippen molar-refractivity contribution < 1.29 is 18.3 Å². The number of primary sulfonamides is 1. The lowest BCUT2D eigenvalue weighted by Gasteiger charge is -2.04. The molecule has 10 heteroatoms. The molecule has 0 aliphatic heterocycles. The molecule has 0 atom stereocenters. The first kappa shape index (κ1) is 13.1. The molecule has 0 radical (unpaired) electrons. The van der Waals surface area contributed by atoms with E-state index < -0.39 is 16.0 Å². The van der Waals surface area contributed by atoms with E-state index >= 15 is 0 Å². The van der Waals surface area contributed by atoms with Gasteiger partial charge in [0.2, 0.25) is 10.0 Å². The van der Waals surface area contributed by atoms with Gasteiger partial charge in [-0.3, -0.25) is 4.79 Å². The second-order valence-electron chi connectivity index (χ2n) is 3.62. The van der Waals surface area contributed by atoms with Gasteiger partial charge in [0.15, 0.2) is 5.82 Å². The van der Waals surface area contributed by atoms with Crippen LogP contribution in [0.2, 0.25) is 0 Å². The summed E-state index contributed by atoms with van der Waals surface area (Å²) in [4.78, 5) is 10.6. The van der Waals surface area contributed by atoms with E-state index in [-0.39, 0.29) is 17.1 Å². The Balaban J connectivity index is 2.38. The minimum absolute atomic E-state index is 0.0518. The van der Waals surface area contributed by atoms with Gasteiger partial charge in [0, 0.05) is 0 Å². The molecule has 0 saturated carbocycles. The number of nitrogens with zero attached hydrogens (tertiary/aromatic N) is 4. The van der Waals surface area contributed by atoms with E-state index in [0.717, 1.165) is 0 Å². The number of sulfonamides is 1. The summed E-state index contributed by atoms with van der Waals surface area (Å²) < 4.78 is 23.4. The van der Waals surface area contributed by atoms with Crippen LogP contribution in [0, 0.1) is 0 Å². The van der Waals surface area contributed by atoms with Gasteiger partial charge in [-0.25, -0.2) is 13.6 Å². The highest BCUT2D eigenvalue weighted by Crippen LogP contribution is 2.12. The fraction of sp³-hybridized carbons (Fsp3) is 0.111. The fourth-order valence-electron chi connectivity index (χ4n) is 1.43. The zero-order chi connectivity index (χ0) is 14.0. The molecular formula is C9H9N5O4S. The maximum atomic E-state index is 11.1. The molecule has 2 rings (SSSR count). The molecule has 0 amide bonds. The normalized spacial score (nSPS) is 11.4. The lowest BCUT2D eigenvalue weighted by Crippen LogP contribution is -2.12. The predicted octanol–water partition coefficient (Wildman–Crippen LogP) is -1.06. The van der Waals surface area contributed by atoms with E-state index in [1.807, 2.05) is 0 Å². The summed E-state index contributed by atoms with van der Waals surface area (Å²) in [7, 11) is -3.77. The molecule has 0 spiro atoms. The van der Waals surface area contributed by atoms with Crippen LogP contribution in [-0.2, 0) is 21.2 Å². The van der Waals surface area contributed by atoms with E-state index in [1.54, 1.807) is 0 Å². The number of aliphatic carboxylic acids is 1. The second-order valence-corrected chi connectivity index (χ2v) is 5.18. The van der Waals surface area contributed by atoms with Crippen LogP contribution in [0.15, 0.2) is 29.2 Å². The van der Waals surface area contributed by atoms with Crippen LogP contribution in [0.25, 0.3) is 5.69 Å². The third-order valence-corrected chi connectivity index (χ3v) is 3.18. The van der Waals surface area contributed by atoms with E-state index in [4.69, 9.17) is 10.2 Å². The Kier molecular flexibility index (Phi) is 3.27. The molecule has 9 nitrogen and oxygen atoms in total. The first-order valence-corrected chi connectivity index (χ1v) is 6.55. The molecule has 2 aromatic rings. The van der Waals surface area contributed by atoms with Crippen molar-refractivity contribution in [2.75, 3.05) is 0 Å². The molecule has 0 aliphatic rings. The van der Waals surface area contributed by atoms with Gasteiger partial charge in [-0.2, -0.15) is 4.68 Å². The summed E-state index contributed by atoms with van der Waals surface area (Å²) in [5.41, 5.74) is 0.439. The van der Waals surface area contributed by atoms with Gasteiger partial charge in [0.05, 0.1) is 10.6 Å². The molecule has 0 saturated heterocycles. The van der Waals surface area contributed by atoms with Crippen molar-refractivity contribution in [1.82, 2.24) is 20.2 Å². The van der Waals surface area contributed by atoms with Crippen LogP contribution in [0.3, 0.4) is 0 Å². The third-order valence-electron chi connectivity index (χ3n) is 2.25. The Hall–Kier alpha value is -2.33. The number of benzene rings is 1. The van der Waals surface area contributed by atoms with Gasteiger partial charge < -0.3 is 5.11 Å². The van der Waals surface area contributed by atoms with Gasteiger partial charge in [-0.1, -0.05) is 0 Å². The van der Waals surface area contributed by atoms with Crippen molar-refractivity contribution in [3.63, 3.8) is 0 Å². The summed E-state index contributed by atoms with van der Waals surface area (Å²) in [6, 6.07) is 5.44. The topological polar surface area (TPSA) is 141 Å². The van der Waals surface area contributed by atoms with Crippen LogP contribution in [0.5, 0.6) is 0 Å². The van der Waals surface area contributed by atoms with Crippen molar-refractivity contribution in [2.45, 2.75) is 11.3 Å². The number of hydrogen-bond acceptors (Lipinski definition) is 6. The predicted molar refractivity (Wildman–Crippen MR) is 61.9 cm³/mol. The zero-order valence-corrected chi connectivity index (χ0v) is 10.3. The lowest BCUT2D eigenvalue weighted by atomic mass is 10.3. The number of carboxylic acid groups (broad SMARTS) is 1. The molecule has 0 unspecified atom stereocenters. The van der Waals surface area contributed by atoms with E-state index in [1.165, 1.54) is 28.9 Å².